The Bertz CT molecular complexity index is 761. The highest BCUT2D eigenvalue weighted by molar-refractivity contribution is 5.83. The second-order valence-corrected chi connectivity index (χ2v) is 5.39. The van der Waals surface area contributed by atoms with Crippen LogP contribution in [-0.2, 0) is 0 Å². The van der Waals surface area contributed by atoms with Crippen LogP contribution in [0.25, 0.3) is 10.9 Å². The normalized spacial score (nSPS) is 12.3. The molecule has 1 heterocycles. The molecule has 0 aliphatic carbocycles. The Balaban J connectivity index is 1.86. The second-order valence-electron chi connectivity index (χ2n) is 5.39. The average Bonchev–Trinajstić information content (AvgIpc) is 2.94. The fourth-order valence-corrected chi connectivity index (χ4v) is 2.65. The van der Waals surface area contributed by atoms with Gasteiger partial charge in [0.15, 0.2) is 0 Å². The lowest BCUT2D eigenvalue weighted by Gasteiger charge is -2.19. The summed E-state index contributed by atoms with van der Waals surface area (Å²) < 4.78 is 5.50. The van der Waals surface area contributed by atoms with Crippen molar-refractivity contribution in [3.63, 3.8) is 0 Å². The van der Waals surface area contributed by atoms with E-state index in [-0.39, 0.29) is 6.04 Å². The molecule has 2 N–H and O–H groups in total. The van der Waals surface area contributed by atoms with Crippen LogP contribution in [0.3, 0.4) is 0 Å². The van der Waals surface area contributed by atoms with Gasteiger partial charge in [-0.2, -0.15) is 0 Å². The van der Waals surface area contributed by atoms with Gasteiger partial charge in [0.2, 0.25) is 0 Å². The first-order valence-electron chi connectivity index (χ1n) is 7.15. The summed E-state index contributed by atoms with van der Waals surface area (Å²) in [6.45, 7) is 4.22. The lowest BCUT2D eigenvalue weighted by atomic mass is 10.0. The van der Waals surface area contributed by atoms with Crippen LogP contribution in [-0.4, -0.2) is 12.1 Å². The molecule has 1 atom stereocenters. The molecule has 0 saturated heterocycles. The van der Waals surface area contributed by atoms with E-state index in [1.807, 2.05) is 6.20 Å². The molecule has 0 bridgehead atoms. The first kappa shape index (κ1) is 13.6. The largest absolute Gasteiger partial charge is 0.496 e. The minimum atomic E-state index is 0.178. The van der Waals surface area contributed by atoms with Crippen molar-refractivity contribution in [3.8, 4) is 5.75 Å². The summed E-state index contributed by atoms with van der Waals surface area (Å²) in [5.41, 5.74) is 4.63. The van der Waals surface area contributed by atoms with E-state index in [0.717, 1.165) is 22.5 Å². The molecule has 3 heteroatoms. The lowest BCUT2D eigenvalue weighted by molar-refractivity contribution is 0.407. The second kappa shape index (κ2) is 5.52. The van der Waals surface area contributed by atoms with Crippen molar-refractivity contribution in [2.24, 2.45) is 0 Å². The third-order valence-corrected chi connectivity index (χ3v) is 3.79. The molecule has 0 amide bonds. The maximum absolute atomic E-state index is 5.50. The van der Waals surface area contributed by atoms with Gasteiger partial charge >= 0.3 is 0 Å². The third-order valence-electron chi connectivity index (χ3n) is 3.79. The number of aromatic nitrogens is 1. The van der Waals surface area contributed by atoms with Crippen molar-refractivity contribution in [1.29, 1.82) is 0 Å². The van der Waals surface area contributed by atoms with Crippen LogP contribution in [0.5, 0.6) is 5.75 Å². The molecule has 0 spiro atoms. The van der Waals surface area contributed by atoms with Gasteiger partial charge in [0.05, 0.1) is 13.2 Å². The highest BCUT2D eigenvalue weighted by atomic mass is 16.5. The molecule has 1 unspecified atom stereocenters. The Labute approximate surface area is 125 Å². The standard InChI is InChI=1S/C18H20N2O/c1-12-4-6-16(18(10-12)21-3)13(2)20-15-5-7-17-14(11-15)8-9-19-17/h4-11,13,19-20H,1-3H3. The van der Waals surface area contributed by atoms with Gasteiger partial charge in [0.1, 0.15) is 5.75 Å². The Morgan fingerprint density at radius 1 is 1.10 bits per heavy atom. The Morgan fingerprint density at radius 2 is 1.95 bits per heavy atom. The number of benzene rings is 2. The van der Waals surface area contributed by atoms with E-state index in [1.165, 1.54) is 10.9 Å². The molecule has 0 aliphatic rings. The van der Waals surface area contributed by atoms with E-state index < -0.39 is 0 Å². The predicted molar refractivity (Wildman–Crippen MR) is 88.1 cm³/mol. The molecule has 1 aromatic heterocycles. The number of hydrogen-bond donors (Lipinski definition) is 2. The van der Waals surface area contributed by atoms with Crippen LogP contribution < -0.4 is 10.1 Å². The number of rotatable bonds is 4. The fourth-order valence-electron chi connectivity index (χ4n) is 2.65. The number of aryl methyl sites for hydroxylation is 1. The molecule has 0 radical (unpaired) electrons. The Kier molecular flexibility index (Phi) is 3.57. The van der Waals surface area contributed by atoms with Gasteiger partial charge in [-0.15, -0.1) is 0 Å². The smallest absolute Gasteiger partial charge is 0.124 e. The van der Waals surface area contributed by atoms with E-state index in [9.17, 15) is 0 Å². The monoisotopic (exact) mass is 280 g/mol. The summed E-state index contributed by atoms with van der Waals surface area (Å²) in [6, 6.07) is 14.9. The van der Waals surface area contributed by atoms with Gasteiger partial charge in [-0.3, -0.25) is 0 Å². The van der Waals surface area contributed by atoms with Gasteiger partial charge in [0.25, 0.3) is 0 Å². The lowest BCUT2D eigenvalue weighted by Crippen LogP contribution is -2.08. The zero-order valence-electron chi connectivity index (χ0n) is 12.6. The summed E-state index contributed by atoms with van der Waals surface area (Å²) >= 11 is 0. The average molecular weight is 280 g/mol. The number of fused-ring (bicyclic) bond motifs is 1. The molecule has 3 nitrogen and oxygen atoms in total. The summed E-state index contributed by atoms with van der Waals surface area (Å²) in [4.78, 5) is 3.21. The highest BCUT2D eigenvalue weighted by Gasteiger charge is 2.11. The van der Waals surface area contributed by atoms with Crippen LogP contribution in [0, 0.1) is 6.92 Å². The SMILES string of the molecule is COc1cc(C)ccc1C(C)Nc1ccc2[nH]ccc2c1. The Morgan fingerprint density at radius 3 is 2.76 bits per heavy atom. The zero-order valence-corrected chi connectivity index (χ0v) is 12.6. The number of methoxy groups -OCH3 is 1. The van der Waals surface area contributed by atoms with E-state index >= 15 is 0 Å². The van der Waals surface area contributed by atoms with E-state index in [0.29, 0.717) is 0 Å². The number of anilines is 1. The third kappa shape index (κ3) is 2.72. The van der Waals surface area contributed by atoms with Crippen LogP contribution in [0.2, 0.25) is 0 Å². The first-order chi connectivity index (χ1) is 10.2. The number of aromatic amines is 1. The minimum absolute atomic E-state index is 0.178. The summed E-state index contributed by atoms with van der Waals surface area (Å²) in [6.07, 6.45) is 1.96. The fraction of sp³-hybridized carbons (Fsp3) is 0.222. The number of nitrogens with one attached hydrogen (secondary N) is 2. The van der Waals surface area contributed by atoms with Crippen LogP contribution in [0.15, 0.2) is 48.7 Å². The van der Waals surface area contributed by atoms with E-state index in [4.69, 9.17) is 4.74 Å². The minimum Gasteiger partial charge on any atom is -0.496 e. The van der Waals surface area contributed by atoms with Crippen molar-refractivity contribution in [2.75, 3.05) is 12.4 Å². The van der Waals surface area contributed by atoms with E-state index in [1.54, 1.807) is 7.11 Å². The van der Waals surface area contributed by atoms with Gasteiger partial charge in [-0.25, -0.2) is 0 Å². The summed E-state index contributed by atoms with van der Waals surface area (Å²) in [7, 11) is 1.72. The first-order valence-corrected chi connectivity index (χ1v) is 7.15. The molecule has 0 aliphatic heterocycles. The number of hydrogen-bond acceptors (Lipinski definition) is 2. The molecule has 108 valence electrons. The van der Waals surface area contributed by atoms with Crippen molar-refractivity contribution in [3.05, 3.63) is 59.8 Å². The maximum Gasteiger partial charge on any atom is 0.124 e. The molecular formula is C18H20N2O. The number of H-pyrrole nitrogens is 1. The van der Waals surface area contributed by atoms with E-state index in [2.05, 4.69) is 66.6 Å². The molecular weight excluding hydrogens is 260 g/mol. The van der Waals surface area contributed by atoms with Gasteiger partial charge in [-0.1, -0.05) is 12.1 Å². The summed E-state index contributed by atoms with van der Waals surface area (Å²) in [5, 5.41) is 4.75. The van der Waals surface area contributed by atoms with Gasteiger partial charge < -0.3 is 15.0 Å². The van der Waals surface area contributed by atoms with Crippen molar-refractivity contribution < 1.29 is 4.74 Å². The quantitative estimate of drug-likeness (QED) is 0.729. The van der Waals surface area contributed by atoms with Gasteiger partial charge in [0, 0.05) is 28.4 Å². The summed E-state index contributed by atoms with van der Waals surface area (Å²) in [5.74, 6) is 0.928. The molecule has 2 aromatic carbocycles. The van der Waals surface area contributed by atoms with Gasteiger partial charge in [-0.05, 0) is 49.7 Å². The van der Waals surface area contributed by atoms with Crippen LogP contribution >= 0.6 is 0 Å². The predicted octanol–water partition coefficient (Wildman–Crippen LogP) is 4.66. The zero-order chi connectivity index (χ0) is 14.8. The number of ether oxygens (including phenoxy) is 1. The van der Waals surface area contributed by atoms with Crippen LogP contribution in [0.4, 0.5) is 5.69 Å². The van der Waals surface area contributed by atoms with Crippen LogP contribution in [0.1, 0.15) is 24.1 Å². The van der Waals surface area contributed by atoms with Crippen molar-refractivity contribution in [1.82, 2.24) is 4.98 Å². The van der Waals surface area contributed by atoms with Crippen molar-refractivity contribution >= 4 is 16.6 Å². The maximum atomic E-state index is 5.50. The van der Waals surface area contributed by atoms with Crippen molar-refractivity contribution in [2.45, 2.75) is 19.9 Å². The molecule has 3 aromatic rings. The molecule has 21 heavy (non-hydrogen) atoms. The highest BCUT2D eigenvalue weighted by Crippen LogP contribution is 2.29. The Hall–Kier alpha value is -2.42. The topological polar surface area (TPSA) is 37.0 Å². The molecule has 3 rings (SSSR count). The molecule has 0 saturated carbocycles. The molecule has 0 fully saturated rings.